The van der Waals surface area contributed by atoms with Gasteiger partial charge in [-0.25, -0.2) is 0 Å². The minimum atomic E-state index is 0.0995. The standard InChI is InChI=1S/C8H16O2/c1-10-8(6-9)7-4-2-3-5-7/h7-9H,2-6H2,1H3/t8-/m1/s1. The summed E-state index contributed by atoms with van der Waals surface area (Å²) in [5.74, 6) is 0.620. The van der Waals surface area contributed by atoms with Crippen LogP contribution in [0.25, 0.3) is 0 Å². The van der Waals surface area contributed by atoms with Gasteiger partial charge in [0.25, 0.3) is 0 Å². The van der Waals surface area contributed by atoms with Crippen LogP contribution >= 0.6 is 0 Å². The lowest BCUT2D eigenvalue weighted by Gasteiger charge is -2.18. The summed E-state index contributed by atoms with van der Waals surface area (Å²) >= 11 is 0. The second-order valence-corrected chi connectivity index (χ2v) is 3.00. The molecule has 1 rings (SSSR count). The van der Waals surface area contributed by atoms with Gasteiger partial charge < -0.3 is 9.84 Å². The van der Waals surface area contributed by atoms with Crippen molar-refractivity contribution in [3.05, 3.63) is 0 Å². The molecule has 0 unspecified atom stereocenters. The lowest BCUT2D eigenvalue weighted by molar-refractivity contribution is 0.00950. The Morgan fingerprint density at radius 2 is 2.10 bits per heavy atom. The molecule has 1 atom stereocenters. The molecule has 0 aromatic heterocycles. The minimum absolute atomic E-state index is 0.0995. The molecular formula is C8H16O2. The van der Waals surface area contributed by atoms with Gasteiger partial charge in [-0.05, 0) is 18.8 Å². The molecule has 10 heavy (non-hydrogen) atoms. The molecule has 0 aromatic rings. The Hall–Kier alpha value is -0.0800. The van der Waals surface area contributed by atoms with E-state index in [-0.39, 0.29) is 12.7 Å². The van der Waals surface area contributed by atoms with Crippen LogP contribution in [0.2, 0.25) is 0 Å². The van der Waals surface area contributed by atoms with Gasteiger partial charge in [-0.15, -0.1) is 0 Å². The highest BCUT2D eigenvalue weighted by atomic mass is 16.5. The Kier molecular flexibility index (Phi) is 3.16. The van der Waals surface area contributed by atoms with E-state index in [1.165, 1.54) is 25.7 Å². The predicted molar refractivity (Wildman–Crippen MR) is 39.8 cm³/mol. The Bertz CT molecular complexity index is 83.3. The zero-order chi connectivity index (χ0) is 7.40. The van der Waals surface area contributed by atoms with Crippen LogP contribution in [0.15, 0.2) is 0 Å². The monoisotopic (exact) mass is 144 g/mol. The number of aliphatic hydroxyl groups excluding tert-OH is 1. The summed E-state index contributed by atoms with van der Waals surface area (Å²) in [7, 11) is 1.68. The molecule has 2 heteroatoms. The molecule has 0 aliphatic heterocycles. The van der Waals surface area contributed by atoms with Crippen molar-refractivity contribution in [2.24, 2.45) is 5.92 Å². The average Bonchev–Trinajstić information content (AvgIpc) is 2.43. The van der Waals surface area contributed by atoms with Gasteiger partial charge in [0.05, 0.1) is 12.7 Å². The maximum Gasteiger partial charge on any atom is 0.0830 e. The van der Waals surface area contributed by atoms with Crippen LogP contribution in [-0.4, -0.2) is 24.9 Å². The molecule has 0 spiro atoms. The third-order valence-electron chi connectivity index (χ3n) is 2.41. The Balaban J connectivity index is 2.29. The summed E-state index contributed by atoms with van der Waals surface area (Å²) in [5.41, 5.74) is 0. The SMILES string of the molecule is CO[C@H](CO)C1CCCC1. The highest BCUT2D eigenvalue weighted by Gasteiger charge is 2.23. The summed E-state index contributed by atoms with van der Waals surface area (Å²) in [6.45, 7) is 0.182. The molecule has 1 aliphatic carbocycles. The summed E-state index contributed by atoms with van der Waals surface area (Å²) < 4.78 is 5.13. The molecule has 0 saturated heterocycles. The van der Waals surface area contributed by atoms with E-state index in [1.54, 1.807) is 7.11 Å². The third kappa shape index (κ3) is 1.70. The summed E-state index contributed by atoms with van der Waals surface area (Å²) in [4.78, 5) is 0. The zero-order valence-electron chi connectivity index (χ0n) is 6.55. The Morgan fingerprint density at radius 1 is 1.50 bits per heavy atom. The second-order valence-electron chi connectivity index (χ2n) is 3.00. The van der Waals surface area contributed by atoms with E-state index in [4.69, 9.17) is 9.84 Å². The van der Waals surface area contributed by atoms with E-state index in [1.807, 2.05) is 0 Å². The van der Waals surface area contributed by atoms with Crippen LogP contribution in [0.5, 0.6) is 0 Å². The number of methoxy groups -OCH3 is 1. The highest BCUT2D eigenvalue weighted by molar-refractivity contribution is 4.74. The van der Waals surface area contributed by atoms with Crippen molar-refractivity contribution in [1.29, 1.82) is 0 Å². The first-order valence-corrected chi connectivity index (χ1v) is 4.02. The third-order valence-corrected chi connectivity index (χ3v) is 2.41. The summed E-state index contributed by atoms with van der Waals surface area (Å²) in [6.07, 6.45) is 5.19. The lowest BCUT2D eigenvalue weighted by Crippen LogP contribution is -2.24. The van der Waals surface area contributed by atoms with E-state index in [0.717, 1.165) is 0 Å². The molecule has 1 fully saturated rings. The van der Waals surface area contributed by atoms with Crippen LogP contribution in [0, 0.1) is 5.92 Å². The van der Waals surface area contributed by atoms with Crippen molar-refractivity contribution in [2.75, 3.05) is 13.7 Å². The van der Waals surface area contributed by atoms with Gasteiger partial charge in [-0.1, -0.05) is 12.8 Å². The van der Waals surface area contributed by atoms with Crippen LogP contribution in [-0.2, 0) is 4.74 Å². The Morgan fingerprint density at radius 3 is 2.50 bits per heavy atom. The molecule has 2 nitrogen and oxygen atoms in total. The quantitative estimate of drug-likeness (QED) is 0.644. The molecule has 60 valence electrons. The second kappa shape index (κ2) is 3.94. The van der Waals surface area contributed by atoms with E-state index < -0.39 is 0 Å². The first-order valence-electron chi connectivity index (χ1n) is 4.02. The maximum absolute atomic E-state index is 8.86. The van der Waals surface area contributed by atoms with Crippen LogP contribution in [0.3, 0.4) is 0 Å². The van der Waals surface area contributed by atoms with E-state index in [0.29, 0.717) is 5.92 Å². The van der Waals surface area contributed by atoms with Crippen LogP contribution in [0.4, 0.5) is 0 Å². The smallest absolute Gasteiger partial charge is 0.0830 e. The molecule has 0 radical (unpaired) electrons. The van der Waals surface area contributed by atoms with Crippen molar-refractivity contribution in [3.63, 3.8) is 0 Å². The maximum atomic E-state index is 8.86. The van der Waals surface area contributed by atoms with Crippen molar-refractivity contribution in [1.82, 2.24) is 0 Å². The molecule has 0 bridgehead atoms. The molecule has 0 aromatic carbocycles. The molecule has 1 saturated carbocycles. The summed E-state index contributed by atoms with van der Waals surface area (Å²) in [6, 6.07) is 0. The Labute approximate surface area is 62.2 Å². The van der Waals surface area contributed by atoms with Gasteiger partial charge >= 0.3 is 0 Å². The topological polar surface area (TPSA) is 29.5 Å². The summed E-state index contributed by atoms with van der Waals surface area (Å²) in [5, 5.41) is 8.86. The number of aliphatic hydroxyl groups is 1. The van der Waals surface area contributed by atoms with Gasteiger partial charge in [0.2, 0.25) is 0 Å². The fraction of sp³-hybridized carbons (Fsp3) is 1.00. The fourth-order valence-electron chi connectivity index (χ4n) is 1.75. The molecule has 1 N–H and O–H groups in total. The molecule has 1 aliphatic rings. The van der Waals surface area contributed by atoms with Crippen molar-refractivity contribution < 1.29 is 9.84 Å². The van der Waals surface area contributed by atoms with Gasteiger partial charge in [0, 0.05) is 7.11 Å². The average molecular weight is 144 g/mol. The number of hydrogen-bond acceptors (Lipinski definition) is 2. The van der Waals surface area contributed by atoms with E-state index >= 15 is 0 Å². The van der Waals surface area contributed by atoms with E-state index in [2.05, 4.69) is 0 Å². The van der Waals surface area contributed by atoms with Crippen molar-refractivity contribution in [3.8, 4) is 0 Å². The molecule has 0 heterocycles. The van der Waals surface area contributed by atoms with Gasteiger partial charge in [-0.3, -0.25) is 0 Å². The minimum Gasteiger partial charge on any atom is -0.394 e. The lowest BCUT2D eigenvalue weighted by atomic mass is 10.0. The first-order chi connectivity index (χ1) is 4.88. The normalized spacial score (nSPS) is 23.4. The molecule has 0 amide bonds. The fourth-order valence-corrected chi connectivity index (χ4v) is 1.75. The van der Waals surface area contributed by atoms with Crippen LogP contribution < -0.4 is 0 Å². The molecular weight excluding hydrogens is 128 g/mol. The zero-order valence-corrected chi connectivity index (χ0v) is 6.55. The van der Waals surface area contributed by atoms with Crippen molar-refractivity contribution >= 4 is 0 Å². The van der Waals surface area contributed by atoms with Gasteiger partial charge in [0.15, 0.2) is 0 Å². The van der Waals surface area contributed by atoms with Crippen molar-refractivity contribution in [2.45, 2.75) is 31.8 Å². The van der Waals surface area contributed by atoms with Gasteiger partial charge in [0.1, 0.15) is 0 Å². The number of rotatable bonds is 3. The highest BCUT2D eigenvalue weighted by Crippen LogP contribution is 2.28. The van der Waals surface area contributed by atoms with Gasteiger partial charge in [-0.2, -0.15) is 0 Å². The van der Waals surface area contributed by atoms with E-state index in [9.17, 15) is 0 Å². The van der Waals surface area contributed by atoms with Crippen LogP contribution in [0.1, 0.15) is 25.7 Å². The number of hydrogen-bond donors (Lipinski definition) is 1. The first kappa shape index (κ1) is 8.02. The largest absolute Gasteiger partial charge is 0.394 e. The number of ether oxygens (including phenoxy) is 1. The predicted octanol–water partition coefficient (Wildman–Crippen LogP) is 1.18.